The molecule has 17 heavy (non-hydrogen) atoms. The van der Waals surface area contributed by atoms with E-state index in [-0.39, 0.29) is 23.7 Å². The van der Waals surface area contributed by atoms with Crippen LogP contribution in [0.15, 0.2) is 0 Å². The minimum absolute atomic E-state index is 0.0984. The molecule has 1 aromatic heterocycles. The van der Waals surface area contributed by atoms with Gasteiger partial charge in [0.25, 0.3) is 5.91 Å². The van der Waals surface area contributed by atoms with Gasteiger partial charge in [-0.2, -0.15) is 16.7 Å². The zero-order chi connectivity index (χ0) is 12.3. The summed E-state index contributed by atoms with van der Waals surface area (Å²) in [6, 6.07) is 0.247. The lowest BCUT2D eigenvalue weighted by Gasteiger charge is -2.27. The van der Waals surface area contributed by atoms with Crippen molar-refractivity contribution in [3.05, 3.63) is 5.82 Å². The second-order valence-electron chi connectivity index (χ2n) is 4.23. The standard InChI is InChI=1S/C10H17N5OS/c1-17-7-4-2-6(3-5-7)12-9(16)8-13-10(11)15-14-8/h6-7H,2-5H2,1H3,(H,12,16)(H3,11,13,14,15). The first-order valence-electron chi connectivity index (χ1n) is 5.70. The van der Waals surface area contributed by atoms with E-state index in [9.17, 15) is 4.79 Å². The van der Waals surface area contributed by atoms with Crippen LogP contribution in [0.25, 0.3) is 0 Å². The lowest BCUT2D eigenvalue weighted by Crippen LogP contribution is -2.38. The molecule has 0 radical (unpaired) electrons. The molecule has 0 aliphatic heterocycles. The van der Waals surface area contributed by atoms with E-state index in [0.717, 1.165) is 30.9 Å². The van der Waals surface area contributed by atoms with Crippen molar-refractivity contribution < 1.29 is 4.79 Å². The van der Waals surface area contributed by atoms with Crippen molar-refractivity contribution in [1.29, 1.82) is 0 Å². The number of nitrogens with zero attached hydrogens (tertiary/aromatic N) is 2. The van der Waals surface area contributed by atoms with Gasteiger partial charge in [-0.05, 0) is 31.9 Å². The Bertz CT molecular complexity index is 386. The van der Waals surface area contributed by atoms with Gasteiger partial charge < -0.3 is 11.1 Å². The lowest BCUT2D eigenvalue weighted by molar-refractivity contribution is 0.0918. The molecule has 1 amide bonds. The van der Waals surface area contributed by atoms with Gasteiger partial charge in [0, 0.05) is 11.3 Å². The number of rotatable bonds is 3. The molecule has 7 heteroatoms. The molecular weight excluding hydrogens is 238 g/mol. The van der Waals surface area contributed by atoms with Crippen molar-refractivity contribution in [3.63, 3.8) is 0 Å². The third-order valence-corrected chi connectivity index (χ3v) is 4.20. The van der Waals surface area contributed by atoms with E-state index in [1.165, 1.54) is 0 Å². The molecule has 0 aromatic carbocycles. The second-order valence-corrected chi connectivity index (χ2v) is 5.36. The smallest absolute Gasteiger partial charge is 0.288 e. The van der Waals surface area contributed by atoms with E-state index in [0.29, 0.717) is 0 Å². The van der Waals surface area contributed by atoms with Crippen molar-refractivity contribution in [2.45, 2.75) is 37.0 Å². The van der Waals surface area contributed by atoms with Crippen LogP contribution >= 0.6 is 11.8 Å². The summed E-state index contributed by atoms with van der Waals surface area (Å²) in [6.07, 6.45) is 6.51. The average molecular weight is 255 g/mol. The van der Waals surface area contributed by atoms with Crippen LogP contribution in [-0.2, 0) is 0 Å². The fourth-order valence-electron chi connectivity index (χ4n) is 2.07. The maximum atomic E-state index is 11.8. The maximum absolute atomic E-state index is 11.8. The SMILES string of the molecule is CSC1CCC(NC(=O)c2nc(N)n[nH]2)CC1. The third kappa shape index (κ3) is 3.12. The van der Waals surface area contributed by atoms with Crippen molar-refractivity contribution in [1.82, 2.24) is 20.5 Å². The van der Waals surface area contributed by atoms with Crippen LogP contribution in [0, 0.1) is 0 Å². The first-order chi connectivity index (χ1) is 8.19. The van der Waals surface area contributed by atoms with Crippen LogP contribution < -0.4 is 11.1 Å². The molecule has 1 aliphatic rings. The summed E-state index contributed by atoms with van der Waals surface area (Å²) in [7, 11) is 0. The Hall–Kier alpha value is -1.24. The number of hydrogen-bond acceptors (Lipinski definition) is 5. The van der Waals surface area contributed by atoms with Gasteiger partial charge in [-0.25, -0.2) is 0 Å². The molecule has 4 N–H and O–H groups in total. The predicted molar refractivity (Wildman–Crippen MR) is 67.8 cm³/mol. The number of nitrogens with two attached hydrogens (primary N) is 1. The molecule has 0 saturated heterocycles. The number of nitrogens with one attached hydrogen (secondary N) is 2. The Balaban J connectivity index is 1.84. The van der Waals surface area contributed by atoms with Crippen LogP contribution in [0.3, 0.4) is 0 Å². The minimum atomic E-state index is -0.221. The molecule has 0 bridgehead atoms. The number of carbonyl (C=O) groups excluding carboxylic acids is 1. The van der Waals surface area contributed by atoms with Gasteiger partial charge in [0.05, 0.1) is 0 Å². The molecule has 0 atom stereocenters. The van der Waals surface area contributed by atoms with E-state index < -0.39 is 0 Å². The number of H-pyrrole nitrogens is 1. The molecule has 1 fully saturated rings. The molecule has 0 spiro atoms. The van der Waals surface area contributed by atoms with Gasteiger partial charge in [0.1, 0.15) is 0 Å². The summed E-state index contributed by atoms with van der Waals surface area (Å²) in [5.41, 5.74) is 5.35. The van der Waals surface area contributed by atoms with Crippen molar-refractivity contribution in [3.8, 4) is 0 Å². The highest BCUT2D eigenvalue weighted by Crippen LogP contribution is 2.26. The maximum Gasteiger partial charge on any atom is 0.288 e. The van der Waals surface area contributed by atoms with Gasteiger partial charge in [0.15, 0.2) is 0 Å². The summed E-state index contributed by atoms with van der Waals surface area (Å²) in [5, 5.41) is 9.84. The van der Waals surface area contributed by atoms with Crippen LogP contribution in [0.4, 0.5) is 5.95 Å². The summed E-state index contributed by atoms with van der Waals surface area (Å²) in [6.45, 7) is 0. The van der Waals surface area contributed by atoms with Crippen LogP contribution in [0.2, 0.25) is 0 Å². The molecule has 1 aromatic rings. The Labute approximate surface area is 104 Å². The fraction of sp³-hybridized carbons (Fsp3) is 0.700. The summed E-state index contributed by atoms with van der Waals surface area (Å²) < 4.78 is 0. The minimum Gasteiger partial charge on any atom is -0.366 e. The van der Waals surface area contributed by atoms with Gasteiger partial charge in [0.2, 0.25) is 11.8 Å². The molecule has 2 rings (SSSR count). The van der Waals surface area contributed by atoms with Gasteiger partial charge in [-0.1, -0.05) is 0 Å². The molecule has 0 unspecified atom stereocenters. The van der Waals surface area contributed by atoms with Crippen LogP contribution in [0.1, 0.15) is 36.3 Å². The van der Waals surface area contributed by atoms with E-state index in [1.807, 2.05) is 11.8 Å². The number of aromatic amines is 1. The largest absolute Gasteiger partial charge is 0.366 e. The second kappa shape index (κ2) is 5.39. The summed E-state index contributed by atoms with van der Waals surface area (Å²) >= 11 is 1.91. The van der Waals surface area contributed by atoms with Crippen molar-refractivity contribution >= 4 is 23.6 Å². The van der Waals surface area contributed by atoms with Crippen LogP contribution in [-0.4, -0.2) is 38.6 Å². The normalized spacial score (nSPS) is 24.5. The Morgan fingerprint density at radius 1 is 1.47 bits per heavy atom. The number of nitrogen functional groups attached to an aromatic ring is 1. The highest BCUT2D eigenvalue weighted by atomic mass is 32.2. The van der Waals surface area contributed by atoms with E-state index >= 15 is 0 Å². The Kier molecular flexibility index (Phi) is 3.88. The molecule has 1 saturated carbocycles. The number of anilines is 1. The third-order valence-electron chi connectivity index (χ3n) is 3.06. The van der Waals surface area contributed by atoms with E-state index in [4.69, 9.17) is 5.73 Å². The van der Waals surface area contributed by atoms with Gasteiger partial charge >= 0.3 is 0 Å². The van der Waals surface area contributed by atoms with Gasteiger partial charge in [-0.3, -0.25) is 9.89 Å². The summed E-state index contributed by atoms with van der Waals surface area (Å²) in [5.74, 6) is 0.0672. The molecule has 1 heterocycles. The van der Waals surface area contributed by atoms with Crippen molar-refractivity contribution in [2.75, 3.05) is 12.0 Å². The number of thioether (sulfide) groups is 1. The number of carbonyl (C=O) groups is 1. The highest BCUT2D eigenvalue weighted by molar-refractivity contribution is 7.99. The van der Waals surface area contributed by atoms with E-state index in [1.54, 1.807) is 0 Å². The average Bonchev–Trinajstić information content (AvgIpc) is 2.77. The topological polar surface area (TPSA) is 96.7 Å². The first-order valence-corrected chi connectivity index (χ1v) is 6.99. The number of amides is 1. The lowest BCUT2D eigenvalue weighted by atomic mass is 9.95. The Morgan fingerprint density at radius 3 is 2.71 bits per heavy atom. The molecule has 6 nitrogen and oxygen atoms in total. The zero-order valence-corrected chi connectivity index (χ0v) is 10.6. The van der Waals surface area contributed by atoms with Crippen LogP contribution in [0.5, 0.6) is 0 Å². The van der Waals surface area contributed by atoms with E-state index in [2.05, 4.69) is 26.8 Å². The first kappa shape index (κ1) is 12.2. The highest BCUT2D eigenvalue weighted by Gasteiger charge is 2.23. The van der Waals surface area contributed by atoms with Crippen molar-refractivity contribution in [2.24, 2.45) is 0 Å². The molecule has 94 valence electrons. The fourth-order valence-corrected chi connectivity index (χ4v) is 2.82. The summed E-state index contributed by atoms with van der Waals surface area (Å²) in [4.78, 5) is 15.6. The Morgan fingerprint density at radius 2 is 2.18 bits per heavy atom. The van der Waals surface area contributed by atoms with Gasteiger partial charge in [-0.15, -0.1) is 5.10 Å². The monoisotopic (exact) mass is 255 g/mol. The predicted octanol–water partition coefficient (Wildman–Crippen LogP) is 0.791. The quantitative estimate of drug-likeness (QED) is 0.742. The zero-order valence-electron chi connectivity index (χ0n) is 9.77. The molecule has 1 aliphatic carbocycles. The molecular formula is C10H17N5OS. The number of aromatic nitrogens is 3. The number of hydrogen-bond donors (Lipinski definition) is 3.